The third-order valence-electron chi connectivity index (χ3n) is 2.48. The second kappa shape index (κ2) is 8.86. The summed E-state index contributed by atoms with van der Waals surface area (Å²) in [6.07, 6.45) is -7.07. The zero-order chi connectivity index (χ0) is 17.4. The highest BCUT2D eigenvalue weighted by molar-refractivity contribution is 5.76. The molecule has 0 heterocycles. The van der Waals surface area contributed by atoms with Gasteiger partial charge < -0.3 is 14.6 Å². The molecule has 0 aliphatic rings. The van der Waals surface area contributed by atoms with Crippen molar-refractivity contribution in [3.63, 3.8) is 0 Å². The fraction of sp³-hybridized carbons (Fsp3) is 0.833. The van der Waals surface area contributed by atoms with E-state index in [2.05, 4.69) is 4.74 Å². The van der Waals surface area contributed by atoms with Crippen LogP contribution in [0, 0.1) is 0 Å². The predicted molar refractivity (Wildman–Crippen MR) is 63.5 cm³/mol. The second-order valence-electron chi connectivity index (χ2n) is 4.46. The first-order chi connectivity index (χ1) is 10.0. The van der Waals surface area contributed by atoms with Gasteiger partial charge in [0.05, 0.1) is 0 Å². The molecule has 0 amide bonds. The van der Waals surface area contributed by atoms with Crippen molar-refractivity contribution in [1.82, 2.24) is 0 Å². The molecule has 0 radical (unpaired) electrons. The molecule has 0 bridgehead atoms. The predicted octanol–water partition coefficient (Wildman–Crippen LogP) is 2.78. The highest BCUT2D eigenvalue weighted by Crippen LogP contribution is 2.25. The second-order valence-corrected chi connectivity index (χ2v) is 4.46. The van der Waals surface area contributed by atoms with E-state index in [1.54, 1.807) is 6.92 Å². The third kappa shape index (κ3) is 8.11. The monoisotopic (exact) mass is 336 g/mol. The minimum atomic E-state index is -4.64. The molecular formula is C12H17F5O5. The molecule has 0 aliphatic carbocycles. The number of esters is 1. The van der Waals surface area contributed by atoms with Crippen LogP contribution in [0.15, 0.2) is 0 Å². The zero-order valence-electron chi connectivity index (χ0n) is 11.8. The molecular weight excluding hydrogens is 319 g/mol. The zero-order valence-corrected chi connectivity index (χ0v) is 11.8. The van der Waals surface area contributed by atoms with E-state index < -0.39 is 49.8 Å². The molecule has 0 saturated heterocycles. The molecule has 22 heavy (non-hydrogen) atoms. The van der Waals surface area contributed by atoms with Crippen LogP contribution in [-0.4, -0.2) is 48.5 Å². The van der Waals surface area contributed by atoms with Crippen molar-refractivity contribution in [3.8, 4) is 0 Å². The molecule has 10 heteroatoms. The molecule has 0 aromatic rings. The topological polar surface area (TPSA) is 72.8 Å². The summed E-state index contributed by atoms with van der Waals surface area (Å²) < 4.78 is 70.5. The average molecular weight is 336 g/mol. The van der Waals surface area contributed by atoms with Crippen molar-refractivity contribution < 1.29 is 46.1 Å². The number of hydrogen-bond acceptors (Lipinski definition) is 4. The number of rotatable bonds is 10. The lowest BCUT2D eigenvalue weighted by Crippen LogP contribution is -2.43. The summed E-state index contributed by atoms with van der Waals surface area (Å²) in [6, 6.07) is 0. The Balaban J connectivity index is 4.15. The van der Waals surface area contributed by atoms with Crippen LogP contribution in [0.3, 0.4) is 0 Å². The molecule has 5 nitrogen and oxygen atoms in total. The van der Waals surface area contributed by atoms with Gasteiger partial charge >= 0.3 is 24.0 Å². The fourth-order valence-corrected chi connectivity index (χ4v) is 1.45. The maximum atomic E-state index is 13.3. The summed E-state index contributed by atoms with van der Waals surface area (Å²) in [6.45, 7) is -0.556. The number of aliphatic carboxylic acids is 1. The van der Waals surface area contributed by atoms with Crippen LogP contribution in [0.5, 0.6) is 0 Å². The van der Waals surface area contributed by atoms with Crippen molar-refractivity contribution in [2.24, 2.45) is 0 Å². The molecule has 1 atom stereocenters. The minimum Gasteiger partial charge on any atom is -0.477 e. The van der Waals surface area contributed by atoms with E-state index in [9.17, 15) is 31.5 Å². The van der Waals surface area contributed by atoms with Crippen LogP contribution in [0.2, 0.25) is 0 Å². The summed E-state index contributed by atoms with van der Waals surface area (Å²) in [5.41, 5.74) is 0. The molecule has 0 spiro atoms. The maximum absolute atomic E-state index is 13.3. The molecule has 1 N–H and O–H groups in total. The third-order valence-corrected chi connectivity index (χ3v) is 2.48. The van der Waals surface area contributed by atoms with Crippen LogP contribution < -0.4 is 0 Å². The van der Waals surface area contributed by atoms with Gasteiger partial charge in [-0.3, -0.25) is 4.79 Å². The Kier molecular flexibility index (Phi) is 8.28. The van der Waals surface area contributed by atoms with Gasteiger partial charge in [-0.05, 0) is 12.8 Å². The van der Waals surface area contributed by atoms with Gasteiger partial charge in [0.15, 0.2) is 6.61 Å². The number of hydrogen-bond donors (Lipinski definition) is 1. The molecule has 130 valence electrons. The standard InChI is InChI=1S/C12H17F5O5/c1-2-4-8(12(16,17)10(19)20)21-6-3-5-9(18)22-7-11(13,14)15/h8H,2-7H2,1H3,(H,19,20). The average Bonchev–Trinajstić information content (AvgIpc) is 2.38. The molecule has 0 fully saturated rings. The fourth-order valence-electron chi connectivity index (χ4n) is 1.45. The van der Waals surface area contributed by atoms with Crippen molar-refractivity contribution in [2.75, 3.05) is 13.2 Å². The first-order valence-electron chi connectivity index (χ1n) is 6.46. The first kappa shape index (κ1) is 20.6. The van der Waals surface area contributed by atoms with Crippen LogP contribution in [0.25, 0.3) is 0 Å². The number of carboxylic acid groups (broad SMARTS) is 1. The van der Waals surface area contributed by atoms with Gasteiger partial charge in [-0.1, -0.05) is 13.3 Å². The van der Waals surface area contributed by atoms with Crippen molar-refractivity contribution >= 4 is 11.9 Å². The summed E-state index contributed by atoms with van der Waals surface area (Å²) in [5.74, 6) is -7.54. The molecule has 0 rings (SSSR count). The van der Waals surface area contributed by atoms with Gasteiger partial charge in [-0.25, -0.2) is 4.79 Å². The quantitative estimate of drug-likeness (QED) is 0.377. The summed E-state index contributed by atoms with van der Waals surface area (Å²) in [7, 11) is 0. The number of carbonyl (C=O) groups excluding carboxylic acids is 1. The number of alkyl halides is 5. The highest BCUT2D eigenvalue weighted by Gasteiger charge is 2.47. The van der Waals surface area contributed by atoms with Gasteiger partial charge in [0.1, 0.15) is 6.10 Å². The van der Waals surface area contributed by atoms with Gasteiger partial charge in [0.25, 0.3) is 0 Å². The van der Waals surface area contributed by atoms with Crippen molar-refractivity contribution in [1.29, 1.82) is 0 Å². The van der Waals surface area contributed by atoms with Crippen LogP contribution in [0.1, 0.15) is 32.6 Å². The van der Waals surface area contributed by atoms with E-state index in [0.29, 0.717) is 0 Å². The minimum absolute atomic E-state index is 0.160. The Hall–Kier alpha value is -1.45. The maximum Gasteiger partial charge on any atom is 0.422 e. The van der Waals surface area contributed by atoms with E-state index in [1.807, 2.05) is 0 Å². The van der Waals surface area contributed by atoms with E-state index in [0.717, 1.165) is 0 Å². The van der Waals surface area contributed by atoms with E-state index in [1.165, 1.54) is 0 Å². The highest BCUT2D eigenvalue weighted by atomic mass is 19.4. The van der Waals surface area contributed by atoms with E-state index in [4.69, 9.17) is 9.84 Å². The molecule has 0 aromatic carbocycles. The lowest BCUT2D eigenvalue weighted by atomic mass is 10.1. The SMILES string of the molecule is CCCC(OCCCC(=O)OCC(F)(F)F)C(F)(F)C(=O)O. The van der Waals surface area contributed by atoms with Crippen molar-refractivity contribution in [2.45, 2.75) is 50.8 Å². The Morgan fingerprint density at radius 1 is 1.18 bits per heavy atom. The molecule has 0 saturated carbocycles. The number of carboxylic acids is 1. The van der Waals surface area contributed by atoms with E-state index >= 15 is 0 Å². The van der Waals surface area contributed by atoms with Gasteiger partial charge in [-0.2, -0.15) is 22.0 Å². The van der Waals surface area contributed by atoms with E-state index in [-0.39, 0.29) is 19.3 Å². The van der Waals surface area contributed by atoms with Gasteiger partial charge in [0, 0.05) is 13.0 Å². The molecule has 0 aromatic heterocycles. The Bertz CT molecular complexity index is 369. The van der Waals surface area contributed by atoms with Crippen molar-refractivity contribution in [3.05, 3.63) is 0 Å². The van der Waals surface area contributed by atoms with Gasteiger partial charge in [-0.15, -0.1) is 0 Å². The number of halogens is 5. The lowest BCUT2D eigenvalue weighted by Gasteiger charge is -2.23. The summed E-state index contributed by atoms with van der Waals surface area (Å²) >= 11 is 0. The Labute approximate surface area is 123 Å². The normalized spacial score (nSPS) is 13.7. The van der Waals surface area contributed by atoms with Gasteiger partial charge in [0.2, 0.25) is 0 Å². The lowest BCUT2D eigenvalue weighted by molar-refractivity contribution is -0.191. The summed E-state index contributed by atoms with van der Waals surface area (Å²) in [4.78, 5) is 21.4. The van der Waals surface area contributed by atoms with Crippen LogP contribution in [-0.2, 0) is 19.1 Å². The number of carbonyl (C=O) groups is 2. The largest absolute Gasteiger partial charge is 0.477 e. The molecule has 1 unspecified atom stereocenters. The van der Waals surface area contributed by atoms with Crippen LogP contribution in [0.4, 0.5) is 22.0 Å². The van der Waals surface area contributed by atoms with Crippen LogP contribution >= 0.6 is 0 Å². The first-order valence-corrected chi connectivity index (χ1v) is 6.46. The smallest absolute Gasteiger partial charge is 0.422 e. The Morgan fingerprint density at radius 2 is 1.77 bits per heavy atom. The number of ether oxygens (including phenoxy) is 2. The Morgan fingerprint density at radius 3 is 2.23 bits per heavy atom. The summed E-state index contributed by atoms with van der Waals surface area (Å²) in [5, 5.41) is 8.42. The molecule has 0 aliphatic heterocycles.